The van der Waals surface area contributed by atoms with Crippen LogP contribution in [0.2, 0.25) is 0 Å². The van der Waals surface area contributed by atoms with E-state index in [1.807, 2.05) is 11.9 Å². The molecule has 0 aromatic carbocycles. The van der Waals surface area contributed by atoms with E-state index in [0.29, 0.717) is 11.8 Å². The van der Waals surface area contributed by atoms with Gasteiger partial charge in [-0.3, -0.25) is 4.79 Å². The number of amides is 1. The molecular formula is C14H28N2O. The highest BCUT2D eigenvalue weighted by atomic mass is 16.2. The summed E-state index contributed by atoms with van der Waals surface area (Å²) in [5.74, 6) is 1.39. The predicted molar refractivity (Wildman–Crippen MR) is 71.6 cm³/mol. The van der Waals surface area contributed by atoms with E-state index < -0.39 is 0 Å². The van der Waals surface area contributed by atoms with E-state index in [9.17, 15) is 4.79 Å². The summed E-state index contributed by atoms with van der Waals surface area (Å²) >= 11 is 0. The molecule has 17 heavy (non-hydrogen) atoms. The lowest BCUT2D eigenvalue weighted by atomic mass is 9.78. The Labute approximate surface area is 106 Å². The van der Waals surface area contributed by atoms with E-state index >= 15 is 0 Å². The Kier molecular flexibility index (Phi) is 4.99. The average Bonchev–Trinajstić information content (AvgIpc) is 2.29. The van der Waals surface area contributed by atoms with Gasteiger partial charge in [-0.25, -0.2) is 0 Å². The fourth-order valence-electron chi connectivity index (χ4n) is 2.60. The quantitative estimate of drug-likeness (QED) is 0.822. The molecule has 0 spiro atoms. The number of carbonyl (C=O) groups is 1. The van der Waals surface area contributed by atoms with Gasteiger partial charge < -0.3 is 10.6 Å². The van der Waals surface area contributed by atoms with Crippen LogP contribution in [0.4, 0.5) is 0 Å². The van der Waals surface area contributed by atoms with Crippen molar-refractivity contribution in [2.24, 2.45) is 23.5 Å². The van der Waals surface area contributed by atoms with Crippen molar-refractivity contribution in [2.45, 2.75) is 59.0 Å². The van der Waals surface area contributed by atoms with Gasteiger partial charge in [-0.05, 0) is 38.0 Å². The Morgan fingerprint density at radius 1 is 1.29 bits per heavy atom. The van der Waals surface area contributed by atoms with Crippen molar-refractivity contribution in [1.29, 1.82) is 0 Å². The second-order valence-corrected chi connectivity index (χ2v) is 6.12. The van der Waals surface area contributed by atoms with Crippen molar-refractivity contribution in [3.8, 4) is 0 Å². The molecule has 100 valence electrons. The third-order valence-electron chi connectivity index (χ3n) is 4.41. The molecule has 0 radical (unpaired) electrons. The molecule has 0 aromatic rings. The van der Waals surface area contributed by atoms with E-state index in [1.165, 1.54) is 0 Å². The third-order valence-corrected chi connectivity index (χ3v) is 4.41. The van der Waals surface area contributed by atoms with Gasteiger partial charge >= 0.3 is 0 Å². The first-order chi connectivity index (χ1) is 7.84. The van der Waals surface area contributed by atoms with Crippen molar-refractivity contribution in [1.82, 2.24) is 4.90 Å². The topological polar surface area (TPSA) is 46.3 Å². The zero-order chi connectivity index (χ0) is 13.2. The first-order valence-electron chi connectivity index (χ1n) is 6.86. The minimum absolute atomic E-state index is 0.0324. The lowest BCUT2D eigenvalue weighted by Gasteiger charge is -2.37. The van der Waals surface area contributed by atoms with Crippen LogP contribution < -0.4 is 5.73 Å². The minimum Gasteiger partial charge on any atom is -0.343 e. The summed E-state index contributed by atoms with van der Waals surface area (Å²) in [5.41, 5.74) is 6.11. The van der Waals surface area contributed by atoms with Gasteiger partial charge in [-0.15, -0.1) is 0 Å². The summed E-state index contributed by atoms with van der Waals surface area (Å²) in [6.07, 6.45) is 3.10. The van der Waals surface area contributed by atoms with Crippen molar-refractivity contribution in [2.75, 3.05) is 7.05 Å². The molecule has 1 rings (SSSR count). The maximum absolute atomic E-state index is 12.4. The Morgan fingerprint density at radius 2 is 1.88 bits per heavy atom. The van der Waals surface area contributed by atoms with Crippen LogP contribution in [0.3, 0.4) is 0 Å². The molecule has 1 saturated carbocycles. The van der Waals surface area contributed by atoms with Gasteiger partial charge in [0.1, 0.15) is 0 Å². The molecule has 4 unspecified atom stereocenters. The van der Waals surface area contributed by atoms with Gasteiger partial charge in [0.15, 0.2) is 0 Å². The SMILES string of the molecule is CC1CCC(N)C(C(=O)N(C)C(C)C(C)C)C1. The van der Waals surface area contributed by atoms with Gasteiger partial charge in [0.25, 0.3) is 0 Å². The monoisotopic (exact) mass is 240 g/mol. The van der Waals surface area contributed by atoms with E-state index in [0.717, 1.165) is 19.3 Å². The first kappa shape index (κ1) is 14.5. The molecule has 2 N–H and O–H groups in total. The average molecular weight is 240 g/mol. The van der Waals surface area contributed by atoms with Crippen LogP contribution in [0.25, 0.3) is 0 Å². The number of nitrogens with zero attached hydrogens (tertiary/aromatic N) is 1. The van der Waals surface area contributed by atoms with E-state index in [2.05, 4.69) is 27.7 Å². The molecule has 1 aliphatic rings. The van der Waals surface area contributed by atoms with Gasteiger partial charge in [-0.1, -0.05) is 20.8 Å². The van der Waals surface area contributed by atoms with E-state index in [-0.39, 0.29) is 23.9 Å². The van der Waals surface area contributed by atoms with Crippen molar-refractivity contribution in [3.05, 3.63) is 0 Å². The zero-order valence-corrected chi connectivity index (χ0v) is 11.9. The molecule has 1 fully saturated rings. The predicted octanol–water partition coefficient (Wildman–Crippen LogP) is 2.25. The van der Waals surface area contributed by atoms with E-state index in [1.54, 1.807) is 0 Å². The van der Waals surface area contributed by atoms with Crippen LogP contribution in [0.15, 0.2) is 0 Å². The van der Waals surface area contributed by atoms with Crippen LogP contribution in [0, 0.1) is 17.8 Å². The lowest BCUT2D eigenvalue weighted by molar-refractivity contribution is -0.139. The van der Waals surface area contributed by atoms with Crippen LogP contribution >= 0.6 is 0 Å². The van der Waals surface area contributed by atoms with Crippen LogP contribution in [-0.4, -0.2) is 29.9 Å². The Balaban J connectivity index is 2.67. The maximum Gasteiger partial charge on any atom is 0.227 e. The molecule has 4 atom stereocenters. The molecule has 3 heteroatoms. The molecule has 1 aliphatic carbocycles. The van der Waals surface area contributed by atoms with Crippen molar-refractivity contribution < 1.29 is 4.79 Å². The van der Waals surface area contributed by atoms with Gasteiger partial charge in [0.05, 0.1) is 5.92 Å². The van der Waals surface area contributed by atoms with Gasteiger partial charge in [0.2, 0.25) is 5.91 Å². The molecular weight excluding hydrogens is 212 g/mol. The molecule has 0 bridgehead atoms. The van der Waals surface area contributed by atoms with E-state index in [4.69, 9.17) is 5.73 Å². The van der Waals surface area contributed by atoms with Crippen molar-refractivity contribution in [3.63, 3.8) is 0 Å². The summed E-state index contributed by atoms with van der Waals surface area (Å²) in [5, 5.41) is 0. The van der Waals surface area contributed by atoms with Crippen LogP contribution in [0.1, 0.15) is 47.0 Å². The summed E-state index contributed by atoms with van der Waals surface area (Å²) in [7, 11) is 1.92. The maximum atomic E-state index is 12.4. The standard InChI is InChI=1S/C14H28N2O/c1-9(2)11(4)16(5)14(17)12-8-10(3)6-7-13(12)15/h9-13H,6-8,15H2,1-5H3. The lowest BCUT2D eigenvalue weighted by Crippen LogP contribution is -2.49. The van der Waals surface area contributed by atoms with Crippen molar-refractivity contribution >= 4 is 5.91 Å². The smallest absolute Gasteiger partial charge is 0.227 e. The minimum atomic E-state index is 0.0324. The molecule has 0 aromatic heterocycles. The molecule has 0 aliphatic heterocycles. The zero-order valence-electron chi connectivity index (χ0n) is 11.9. The molecule has 0 saturated heterocycles. The number of rotatable bonds is 3. The highest BCUT2D eigenvalue weighted by Gasteiger charge is 2.34. The number of carbonyl (C=O) groups excluding carboxylic acids is 1. The van der Waals surface area contributed by atoms with Gasteiger partial charge in [0, 0.05) is 19.1 Å². The summed E-state index contributed by atoms with van der Waals surface area (Å²) in [4.78, 5) is 14.3. The fraction of sp³-hybridized carbons (Fsp3) is 0.929. The summed E-state index contributed by atoms with van der Waals surface area (Å²) < 4.78 is 0. The Morgan fingerprint density at radius 3 is 2.41 bits per heavy atom. The van der Waals surface area contributed by atoms with Gasteiger partial charge in [-0.2, -0.15) is 0 Å². The number of hydrogen-bond acceptors (Lipinski definition) is 2. The van der Waals surface area contributed by atoms with Crippen LogP contribution in [-0.2, 0) is 4.79 Å². The molecule has 3 nitrogen and oxygen atoms in total. The molecule has 0 heterocycles. The Hall–Kier alpha value is -0.570. The second kappa shape index (κ2) is 5.85. The largest absolute Gasteiger partial charge is 0.343 e. The highest BCUT2D eigenvalue weighted by molar-refractivity contribution is 5.79. The third kappa shape index (κ3) is 3.44. The van der Waals surface area contributed by atoms with Crippen LogP contribution in [0.5, 0.6) is 0 Å². The Bertz CT molecular complexity index is 265. The number of nitrogens with two attached hydrogens (primary N) is 1. The fourth-order valence-corrected chi connectivity index (χ4v) is 2.60. The number of hydrogen-bond donors (Lipinski definition) is 1. The summed E-state index contributed by atoms with van der Waals surface area (Å²) in [6.45, 7) is 8.63. The summed E-state index contributed by atoms with van der Waals surface area (Å²) in [6, 6.07) is 0.340. The first-order valence-corrected chi connectivity index (χ1v) is 6.86. The normalized spacial score (nSPS) is 31.4. The highest BCUT2D eigenvalue weighted by Crippen LogP contribution is 2.29. The molecule has 1 amide bonds. The second-order valence-electron chi connectivity index (χ2n) is 6.12.